The molecule has 0 saturated carbocycles. The van der Waals surface area contributed by atoms with E-state index in [-0.39, 0.29) is 13.2 Å². The lowest BCUT2D eigenvalue weighted by molar-refractivity contribution is -0.123. The monoisotopic (exact) mass is 434 g/mol. The molecule has 0 radical (unpaired) electrons. The first-order valence-electron chi connectivity index (χ1n) is 10.4. The Morgan fingerprint density at radius 2 is 1.38 bits per heavy atom. The van der Waals surface area contributed by atoms with Crippen LogP contribution in [-0.4, -0.2) is 31.6 Å². The molecule has 0 heterocycles. The predicted molar refractivity (Wildman–Crippen MR) is 121 cm³/mol. The maximum atomic E-state index is 12.5. The van der Waals surface area contributed by atoms with Crippen molar-refractivity contribution >= 4 is 11.8 Å². The number of hydrogen-bond donors (Lipinski definition) is 2. The van der Waals surface area contributed by atoms with Gasteiger partial charge in [0.05, 0.1) is 5.56 Å². The molecule has 0 bridgehead atoms. The fourth-order valence-electron chi connectivity index (χ4n) is 2.81. The smallest absolute Gasteiger partial charge is 0.276 e. The van der Waals surface area contributed by atoms with E-state index in [0.717, 1.165) is 12.2 Å². The molecule has 0 saturated heterocycles. The van der Waals surface area contributed by atoms with Crippen molar-refractivity contribution in [2.45, 2.75) is 13.3 Å². The van der Waals surface area contributed by atoms with E-state index >= 15 is 0 Å². The second-order valence-corrected chi connectivity index (χ2v) is 6.79. The molecule has 7 heteroatoms. The summed E-state index contributed by atoms with van der Waals surface area (Å²) < 4.78 is 16.7. The third kappa shape index (κ3) is 7.05. The molecule has 0 unspecified atom stereocenters. The van der Waals surface area contributed by atoms with Crippen LogP contribution in [0.4, 0.5) is 0 Å². The molecule has 0 aliphatic heterocycles. The summed E-state index contributed by atoms with van der Waals surface area (Å²) in [6, 6.07) is 23.7. The van der Waals surface area contributed by atoms with Gasteiger partial charge in [0.2, 0.25) is 0 Å². The number of hydrazine groups is 1. The van der Waals surface area contributed by atoms with E-state index in [1.165, 1.54) is 5.56 Å². The van der Waals surface area contributed by atoms with Crippen LogP contribution >= 0.6 is 0 Å². The van der Waals surface area contributed by atoms with Gasteiger partial charge >= 0.3 is 0 Å². The Morgan fingerprint density at radius 1 is 0.719 bits per heavy atom. The van der Waals surface area contributed by atoms with E-state index in [1.54, 1.807) is 36.4 Å². The third-order valence-corrected chi connectivity index (χ3v) is 4.50. The molecule has 0 aliphatic carbocycles. The van der Waals surface area contributed by atoms with Gasteiger partial charge in [0.1, 0.15) is 30.5 Å². The normalized spacial score (nSPS) is 10.2. The quantitative estimate of drug-likeness (QED) is 0.377. The van der Waals surface area contributed by atoms with Crippen LogP contribution in [0.25, 0.3) is 0 Å². The van der Waals surface area contributed by atoms with Crippen LogP contribution < -0.4 is 25.1 Å². The Bertz CT molecular complexity index is 1010. The molecule has 0 aromatic heterocycles. The van der Waals surface area contributed by atoms with Gasteiger partial charge in [0.15, 0.2) is 6.61 Å². The summed E-state index contributed by atoms with van der Waals surface area (Å²) in [5.41, 5.74) is 6.20. The predicted octanol–water partition coefficient (Wildman–Crippen LogP) is 3.55. The summed E-state index contributed by atoms with van der Waals surface area (Å²) in [4.78, 5) is 24.5. The third-order valence-electron chi connectivity index (χ3n) is 4.50. The molecule has 2 N–H and O–H groups in total. The van der Waals surface area contributed by atoms with E-state index < -0.39 is 11.8 Å². The van der Waals surface area contributed by atoms with Gasteiger partial charge in [-0.15, -0.1) is 0 Å². The number of para-hydroxylation sites is 2. The Hall–Kier alpha value is -4.00. The number of amides is 2. The van der Waals surface area contributed by atoms with Crippen LogP contribution in [0.5, 0.6) is 17.2 Å². The molecule has 0 aliphatic rings. The summed E-state index contributed by atoms with van der Waals surface area (Å²) in [7, 11) is 0. The topological polar surface area (TPSA) is 85.9 Å². The molecular formula is C25H26N2O5. The first kappa shape index (κ1) is 22.7. The minimum absolute atomic E-state index is 0.222. The van der Waals surface area contributed by atoms with Crippen molar-refractivity contribution in [1.82, 2.24) is 10.9 Å². The number of hydrogen-bond acceptors (Lipinski definition) is 5. The van der Waals surface area contributed by atoms with Crippen LogP contribution in [0.3, 0.4) is 0 Å². The maximum Gasteiger partial charge on any atom is 0.276 e. The highest BCUT2D eigenvalue weighted by atomic mass is 16.5. The number of carbonyl (C=O) groups is 2. The highest BCUT2D eigenvalue weighted by Gasteiger charge is 2.13. The van der Waals surface area contributed by atoms with Crippen LogP contribution in [0.15, 0.2) is 78.9 Å². The van der Waals surface area contributed by atoms with Crippen LogP contribution in [-0.2, 0) is 11.2 Å². The zero-order valence-corrected chi connectivity index (χ0v) is 17.9. The fraction of sp³-hybridized carbons (Fsp3) is 0.200. The minimum atomic E-state index is -0.495. The summed E-state index contributed by atoms with van der Waals surface area (Å²) in [5.74, 6) is 0.745. The average Bonchev–Trinajstić information content (AvgIpc) is 2.85. The lowest BCUT2D eigenvalue weighted by Crippen LogP contribution is -2.44. The van der Waals surface area contributed by atoms with Crippen molar-refractivity contribution in [1.29, 1.82) is 0 Å². The van der Waals surface area contributed by atoms with Crippen molar-refractivity contribution in [3.8, 4) is 17.2 Å². The standard InChI is InChI=1S/C25H26N2O5/c1-2-19-12-14-21(15-13-19)32-18-24(28)26-27-25(29)22-10-6-7-11-23(22)31-17-16-30-20-8-4-3-5-9-20/h3-15H,2,16-18H2,1H3,(H,26,28)(H,27,29). The molecule has 3 aromatic carbocycles. The van der Waals surface area contributed by atoms with E-state index in [1.807, 2.05) is 42.5 Å². The van der Waals surface area contributed by atoms with Crippen LogP contribution in [0.1, 0.15) is 22.8 Å². The highest BCUT2D eigenvalue weighted by molar-refractivity contribution is 5.97. The van der Waals surface area contributed by atoms with Crippen molar-refractivity contribution in [2.75, 3.05) is 19.8 Å². The summed E-state index contributed by atoms with van der Waals surface area (Å²) >= 11 is 0. The van der Waals surface area contributed by atoms with Gasteiger partial charge in [-0.3, -0.25) is 20.4 Å². The van der Waals surface area contributed by atoms with Gasteiger partial charge in [-0.25, -0.2) is 0 Å². The van der Waals surface area contributed by atoms with Crippen molar-refractivity contribution < 1.29 is 23.8 Å². The number of ether oxygens (including phenoxy) is 3. The number of aryl methyl sites for hydroxylation is 1. The largest absolute Gasteiger partial charge is 0.490 e. The minimum Gasteiger partial charge on any atom is -0.490 e. The highest BCUT2D eigenvalue weighted by Crippen LogP contribution is 2.18. The van der Waals surface area contributed by atoms with Gasteiger partial charge in [0, 0.05) is 0 Å². The van der Waals surface area contributed by atoms with Crippen LogP contribution in [0, 0.1) is 0 Å². The molecule has 7 nitrogen and oxygen atoms in total. The number of rotatable bonds is 10. The molecule has 32 heavy (non-hydrogen) atoms. The molecule has 0 fully saturated rings. The Labute approximate surface area is 187 Å². The summed E-state index contributed by atoms with van der Waals surface area (Å²) in [6.45, 7) is 2.43. The van der Waals surface area contributed by atoms with Gasteiger partial charge in [-0.1, -0.05) is 49.4 Å². The van der Waals surface area contributed by atoms with Gasteiger partial charge in [-0.05, 0) is 48.4 Å². The zero-order valence-electron chi connectivity index (χ0n) is 17.9. The van der Waals surface area contributed by atoms with Crippen LogP contribution in [0.2, 0.25) is 0 Å². The van der Waals surface area contributed by atoms with Gasteiger partial charge in [-0.2, -0.15) is 0 Å². The van der Waals surface area contributed by atoms with Crippen molar-refractivity contribution in [3.63, 3.8) is 0 Å². The zero-order chi connectivity index (χ0) is 22.6. The average molecular weight is 434 g/mol. The second-order valence-electron chi connectivity index (χ2n) is 6.79. The summed E-state index contributed by atoms with van der Waals surface area (Å²) in [6.07, 6.45) is 0.929. The fourth-order valence-corrected chi connectivity index (χ4v) is 2.81. The Balaban J connectivity index is 1.43. The van der Waals surface area contributed by atoms with E-state index in [9.17, 15) is 9.59 Å². The number of nitrogens with one attached hydrogen (secondary N) is 2. The number of benzene rings is 3. The first-order chi connectivity index (χ1) is 15.7. The number of carbonyl (C=O) groups excluding carboxylic acids is 2. The molecule has 2 amide bonds. The SMILES string of the molecule is CCc1ccc(OCC(=O)NNC(=O)c2ccccc2OCCOc2ccccc2)cc1. The Kier molecular flexibility index (Phi) is 8.50. The van der Waals surface area contributed by atoms with Crippen molar-refractivity contribution in [3.05, 3.63) is 90.0 Å². The molecule has 166 valence electrons. The van der Waals surface area contributed by atoms with Crippen molar-refractivity contribution in [2.24, 2.45) is 0 Å². The summed E-state index contributed by atoms with van der Waals surface area (Å²) in [5, 5.41) is 0. The van der Waals surface area contributed by atoms with E-state index in [4.69, 9.17) is 14.2 Å². The molecular weight excluding hydrogens is 408 g/mol. The van der Waals surface area contributed by atoms with E-state index in [0.29, 0.717) is 23.7 Å². The molecule has 0 spiro atoms. The lowest BCUT2D eigenvalue weighted by atomic mass is 10.2. The van der Waals surface area contributed by atoms with E-state index in [2.05, 4.69) is 17.8 Å². The lowest BCUT2D eigenvalue weighted by Gasteiger charge is -2.13. The molecule has 3 aromatic rings. The second kappa shape index (κ2) is 12.0. The first-order valence-corrected chi connectivity index (χ1v) is 10.4. The Morgan fingerprint density at radius 3 is 2.12 bits per heavy atom. The molecule has 0 atom stereocenters. The van der Waals surface area contributed by atoms with Gasteiger partial charge in [0.25, 0.3) is 11.8 Å². The molecule has 3 rings (SSSR count). The van der Waals surface area contributed by atoms with Gasteiger partial charge < -0.3 is 14.2 Å². The maximum absolute atomic E-state index is 12.5.